The van der Waals surface area contributed by atoms with Crippen LogP contribution in [0.4, 0.5) is 19.0 Å². The standard InChI is InChI=1S/C19H24F3N3O3/c20-19(21,22)14-6-7-15(23-11-14)24-16(26)13-5-4-10-25(12-13)17(27)18(28)8-2-1-3-9-18/h6-7,11,13,28H,1-5,8-10,12H2,(H,23,24,26). The molecule has 2 N–H and O–H groups in total. The Hall–Kier alpha value is -2.16. The van der Waals surface area contributed by atoms with Gasteiger partial charge in [0.2, 0.25) is 5.91 Å². The lowest BCUT2D eigenvalue weighted by atomic mass is 9.83. The summed E-state index contributed by atoms with van der Waals surface area (Å²) in [6, 6.07) is 1.97. The first-order chi connectivity index (χ1) is 13.2. The summed E-state index contributed by atoms with van der Waals surface area (Å²) in [4.78, 5) is 30.4. The molecule has 2 aliphatic rings. The van der Waals surface area contributed by atoms with Gasteiger partial charge in [0.25, 0.3) is 5.91 Å². The van der Waals surface area contributed by atoms with Crippen LogP contribution in [0, 0.1) is 5.92 Å². The minimum absolute atomic E-state index is 0.0346. The molecule has 154 valence electrons. The zero-order valence-corrected chi connectivity index (χ0v) is 15.5. The third-order valence-corrected chi connectivity index (χ3v) is 5.50. The number of anilines is 1. The Balaban J connectivity index is 1.60. The maximum absolute atomic E-state index is 12.8. The van der Waals surface area contributed by atoms with Crippen molar-refractivity contribution in [3.05, 3.63) is 23.9 Å². The fraction of sp³-hybridized carbons (Fsp3) is 0.632. The monoisotopic (exact) mass is 399 g/mol. The van der Waals surface area contributed by atoms with Crippen LogP contribution in [0.3, 0.4) is 0 Å². The van der Waals surface area contributed by atoms with Crippen LogP contribution < -0.4 is 5.32 Å². The van der Waals surface area contributed by atoms with E-state index in [1.54, 1.807) is 4.90 Å². The molecule has 28 heavy (non-hydrogen) atoms. The number of carbonyl (C=O) groups excluding carboxylic acids is 2. The summed E-state index contributed by atoms with van der Waals surface area (Å²) in [7, 11) is 0. The van der Waals surface area contributed by atoms with Gasteiger partial charge in [0.05, 0.1) is 11.5 Å². The first kappa shape index (κ1) is 20.6. The topological polar surface area (TPSA) is 82.5 Å². The van der Waals surface area contributed by atoms with Gasteiger partial charge in [-0.3, -0.25) is 9.59 Å². The molecule has 3 rings (SSSR count). The number of piperidine rings is 1. The molecule has 0 spiro atoms. The van der Waals surface area contributed by atoms with Crippen molar-refractivity contribution in [1.29, 1.82) is 0 Å². The van der Waals surface area contributed by atoms with Crippen molar-refractivity contribution in [2.75, 3.05) is 18.4 Å². The molecule has 9 heteroatoms. The summed E-state index contributed by atoms with van der Waals surface area (Å²) in [5.74, 6) is -1.17. The van der Waals surface area contributed by atoms with Crippen molar-refractivity contribution in [2.45, 2.75) is 56.7 Å². The molecule has 2 heterocycles. The highest BCUT2D eigenvalue weighted by molar-refractivity contribution is 5.93. The number of rotatable bonds is 3. The SMILES string of the molecule is O=C(Nc1ccc(C(F)(F)F)cn1)C1CCCN(C(=O)C2(O)CCCCC2)C1. The number of hydrogen-bond donors (Lipinski definition) is 2. The molecule has 1 saturated heterocycles. The summed E-state index contributed by atoms with van der Waals surface area (Å²) in [5, 5.41) is 13.2. The quantitative estimate of drug-likeness (QED) is 0.819. The van der Waals surface area contributed by atoms with Gasteiger partial charge in [-0.25, -0.2) is 4.98 Å². The maximum Gasteiger partial charge on any atom is 0.417 e. The Morgan fingerprint density at radius 1 is 1.18 bits per heavy atom. The number of halogens is 3. The van der Waals surface area contributed by atoms with E-state index in [0.29, 0.717) is 38.4 Å². The summed E-state index contributed by atoms with van der Waals surface area (Å²) >= 11 is 0. The molecule has 2 amide bonds. The largest absolute Gasteiger partial charge is 0.417 e. The number of likely N-dealkylation sites (tertiary alicyclic amines) is 1. The number of nitrogens with zero attached hydrogens (tertiary/aromatic N) is 2. The molecular formula is C19H24F3N3O3. The Morgan fingerprint density at radius 3 is 2.50 bits per heavy atom. The molecule has 1 atom stereocenters. The molecule has 1 aromatic rings. The van der Waals surface area contributed by atoms with Gasteiger partial charge in [-0.2, -0.15) is 13.2 Å². The number of alkyl halides is 3. The summed E-state index contributed by atoms with van der Waals surface area (Å²) in [5.41, 5.74) is -2.23. The third-order valence-electron chi connectivity index (χ3n) is 5.50. The van der Waals surface area contributed by atoms with E-state index < -0.39 is 23.3 Å². The van der Waals surface area contributed by atoms with E-state index >= 15 is 0 Å². The second kappa shape index (κ2) is 8.06. The minimum atomic E-state index is -4.49. The Labute approximate surface area is 161 Å². The Bertz CT molecular complexity index is 715. The molecule has 1 aliphatic carbocycles. The summed E-state index contributed by atoms with van der Waals surface area (Å²) < 4.78 is 37.8. The predicted molar refractivity (Wildman–Crippen MR) is 95.2 cm³/mol. The van der Waals surface area contributed by atoms with Crippen molar-refractivity contribution in [1.82, 2.24) is 9.88 Å². The molecule has 0 aromatic carbocycles. The van der Waals surface area contributed by atoms with Gasteiger partial charge in [-0.05, 0) is 37.8 Å². The number of pyridine rings is 1. The second-order valence-electron chi connectivity index (χ2n) is 7.60. The van der Waals surface area contributed by atoms with Crippen LogP contribution in [0.25, 0.3) is 0 Å². The van der Waals surface area contributed by atoms with Crippen molar-refractivity contribution in [3.63, 3.8) is 0 Å². The van der Waals surface area contributed by atoms with Gasteiger partial charge in [-0.15, -0.1) is 0 Å². The molecule has 1 saturated carbocycles. The Morgan fingerprint density at radius 2 is 1.89 bits per heavy atom. The van der Waals surface area contributed by atoms with Crippen LogP contribution in [0.2, 0.25) is 0 Å². The van der Waals surface area contributed by atoms with Crippen molar-refractivity contribution < 1.29 is 27.9 Å². The lowest BCUT2D eigenvalue weighted by Crippen LogP contribution is -2.54. The first-order valence-corrected chi connectivity index (χ1v) is 9.55. The van der Waals surface area contributed by atoms with Crippen LogP contribution >= 0.6 is 0 Å². The molecule has 1 aliphatic heterocycles. The van der Waals surface area contributed by atoms with E-state index in [1.807, 2.05) is 0 Å². The van der Waals surface area contributed by atoms with Gasteiger partial charge in [0.15, 0.2) is 0 Å². The highest BCUT2D eigenvalue weighted by atomic mass is 19.4. The third kappa shape index (κ3) is 4.63. The van der Waals surface area contributed by atoms with Crippen molar-refractivity contribution >= 4 is 17.6 Å². The smallest absolute Gasteiger partial charge is 0.380 e. The lowest BCUT2D eigenvalue weighted by molar-refractivity contribution is -0.157. The first-order valence-electron chi connectivity index (χ1n) is 9.55. The van der Waals surface area contributed by atoms with Gasteiger partial charge < -0.3 is 15.3 Å². The molecule has 1 aromatic heterocycles. The van der Waals surface area contributed by atoms with Gasteiger partial charge in [-0.1, -0.05) is 19.3 Å². The number of carbonyl (C=O) groups is 2. The van der Waals surface area contributed by atoms with Crippen LogP contribution in [-0.4, -0.2) is 45.5 Å². The fourth-order valence-electron chi connectivity index (χ4n) is 3.88. The average Bonchev–Trinajstić information content (AvgIpc) is 2.68. The lowest BCUT2D eigenvalue weighted by Gasteiger charge is -2.39. The number of nitrogens with one attached hydrogen (secondary N) is 1. The normalized spacial score (nSPS) is 22.6. The van der Waals surface area contributed by atoms with E-state index in [0.717, 1.165) is 31.4 Å². The molecule has 6 nitrogen and oxygen atoms in total. The zero-order valence-electron chi connectivity index (χ0n) is 15.5. The number of amides is 2. The average molecular weight is 399 g/mol. The number of aromatic nitrogens is 1. The van der Waals surface area contributed by atoms with Crippen molar-refractivity contribution in [3.8, 4) is 0 Å². The molecule has 0 radical (unpaired) electrons. The predicted octanol–water partition coefficient (Wildman–Crippen LogP) is 2.97. The molecule has 0 bridgehead atoms. The maximum atomic E-state index is 12.8. The van der Waals surface area contributed by atoms with Crippen LogP contribution in [0.15, 0.2) is 18.3 Å². The highest BCUT2D eigenvalue weighted by Gasteiger charge is 2.42. The van der Waals surface area contributed by atoms with E-state index in [9.17, 15) is 27.9 Å². The number of hydrogen-bond acceptors (Lipinski definition) is 4. The summed E-state index contributed by atoms with van der Waals surface area (Å²) in [6.07, 6.45) is 0.863. The summed E-state index contributed by atoms with van der Waals surface area (Å²) in [6.45, 7) is 0.678. The van der Waals surface area contributed by atoms with Crippen molar-refractivity contribution in [2.24, 2.45) is 5.92 Å². The van der Waals surface area contributed by atoms with Gasteiger partial charge in [0.1, 0.15) is 11.4 Å². The van der Waals surface area contributed by atoms with Crippen LogP contribution in [0.1, 0.15) is 50.5 Å². The molecular weight excluding hydrogens is 375 g/mol. The van der Waals surface area contributed by atoms with Crippen LogP contribution in [0.5, 0.6) is 0 Å². The molecule has 2 fully saturated rings. The highest BCUT2D eigenvalue weighted by Crippen LogP contribution is 2.32. The zero-order chi connectivity index (χ0) is 20.4. The second-order valence-corrected chi connectivity index (χ2v) is 7.60. The van der Waals surface area contributed by atoms with E-state index in [4.69, 9.17) is 0 Å². The van der Waals surface area contributed by atoms with E-state index in [1.165, 1.54) is 0 Å². The van der Waals surface area contributed by atoms with Gasteiger partial charge >= 0.3 is 6.18 Å². The van der Waals surface area contributed by atoms with E-state index in [-0.39, 0.29) is 24.2 Å². The number of aliphatic hydroxyl groups is 1. The Kier molecular flexibility index (Phi) is 5.92. The molecule has 1 unspecified atom stereocenters. The minimum Gasteiger partial charge on any atom is -0.380 e. The fourth-order valence-corrected chi connectivity index (χ4v) is 3.88. The van der Waals surface area contributed by atoms with Crippen LogP contribution in [-0.2, 0) is 15.8 Å². The van der Waals surface area contributed by atoms with Gasteiger partial charge in [0, 0.05) is 19.3 Å². The van der Waals surface area contributed by atoms with E-state index in [2.05, 4.69) is 10.3 Å².